The van der Waals surface area contributed by atoms with Gasteiger partial charge >= 0.3 is 0 Å². The predicted molar refractivity (Wildman–Crippen MR) is 134 cm³/mol. The molecule has 0 aromatic heterocycles. The van der Waals surface area contributed by atoms with Crippen LogP contribution in [0.15, 0.2) is 54.2 Å². The molecule has 1 fully saturated rings. The minimum absolute atomic E-state index is 0.294. The Morgan fingerprint density at radius 1 is 0.912 bits per heavy atom. The van der Waals surface area contributed by atoms with E-state index < -0.39 is 0 Å². The highest BCUT2D eigenvalue weighted by atomic mass is 16.5. The highest BCUT2D eigenvalue weighted by Gasteiger charge is 2.38. The van der Waals surface area contributed by atoms with Gasteiger partial charge in [0.15, 0.2) is 0 Å². The number of anilines is 2. The number of ether oxygens (including phenoxy) is 2. The molecule has 0 aliphatic carbocycles. The third kappa shape index (κ3) is 5.25. The van der Waals surface area contributed by atoms with Gasteiger partial charge in [0.05, 0.1) is 12.2 Å². The van der Waals surface area contributed by atoms with Crippen LogP contribution < -0.4 is 15.0 Å². The molecule has 1 N–H and O–H groups in total. The molecule has 7 nitrogen and oxygen atoms in total. The summed E-state index contributed by atoms with van der Waals surface area (Å²) in [5.41, 5.74) is 3.33. The third-order valence-corrected chi connectivity index (χ3v) is 6.21. The van der Waals surface area contributed by atoms with Crippen molar-refractivity contribution in [1.82, 2.24) is 4.90 Å². The normalized spacial score (nSPS) is 16.4. The van der Waals surface area contributed by atoms with Crippen molar-refractivity contribution in [3.8, 4) is 5.75 Å². The summed E-state index contributed by atoms with van der Waals surface area (Å²) in [7, 11) is 1.61. The molecule has 2 amide bonds. The Balaban J connectivity index is 1.60. The van der Waals surface area contributed by atoms with Gasteiger partial charge in [0, 0.05) is 44.7 Å². The maximum Gasteiger partial charge on any atom is 0.278 e. The zero-order valence-electron chi connectivity index (χ0n) is 20.0. The largest absolute Gasteiger partial charge is 0.494 e. The predicted octanol–water partition coefficient (Wildman–Crippen LogP) is 4.30. The van der Waals surface area contributed by atoms with Gasteiger partial charge in [0.2, 0.25) is 0 Å². The molecule has 0 radical (unpaired) electrons. The van der Waals surface area contributed by atoms with Crippen LogP contribution in [0.2, 0.25) is 0 Å². The molecule has 2 heterocycles. The van der Waals surface area contributed by atoms with Gasteiger partial charge in [0.1, 0.15) is 11.4 Å². The van der Waals surface area contributed by atoms with E-state index in [1.54, 1.807) is 7.11 Å². The highest BCUT2D eigenvalue weighted by Crippen LogP contribution is 2.32. The third-order valence-electron chi connectivity index (χ3n) is 6.21. The quantitative estimate of drug-likeness (QED) is 0.418. The van der Waals surface area contributed by atoms with Crippen molar-refractivity contribution in [2.45, 2.75) is 32.6 Å². The molecule has 1 saturated heterocycles. The van der Waals surface area contributed by atoms with Crippen LogP contribution in [0.25, 0.3) is 5.57 Å². The standard InChI is InChI=1S/C27H33N3O4/c1-3-34-23-14-8-20(9-15-23)24-25(27(32)30(26(24)31)18-7-19-33-2)28-21-10-12-22(13-11-21)29-16-5-4-6-17-29/h8-15,28H,3-7,16-19H2,1-2H3. The summed E-state index contributed by atoms with van der Waals surface area (Å²) in [5.74, 6) is 0.117. The Morgan fingerprint density at radius 2 is 1.62 bits per heavy atom. The molecule has 7 heteroatoms. The maximum atomic E-state index is 13.3. The van der Waals surface area contributed by atoms with Gasteiger partial charge in [-0.05, 0) is 74.6 Å². The second-order valence-electron chi connectivity index (χ2n) is 8.54. The van der Waals surface area contributed by atoms with Crippen molar-refractivity contribution in [2.24, 2.45) is 0 Å². The lowest BCUT2D eigenvalue weighted by Gasteiger charge is -2.28. The minimum atomic E-state index is -0.315. The first kappa shape index (κ1) is 23.8. The fourth-order valence-electron chi connectivity index (χ4n) is 4.47. The number of methoxy groups -OCH3 is 1. The van der Waals surface area contributed by atoms with Gasteiger partial charge in [-0.3, -0.25) is 14.5 Å². The Hall–Kier alpha value is -3.32. The Morgan fingerprint density at radius 3 is 2.26 bits per heavy atom. The molecular formula is C27H33N3O4. The van der Waals surface area contributed by atoms with Crippen molar-refractivity contribution in [3.63, 3.8) is 0 Å². The second-order valence-corrected chi connectivity index (χ2v) is 8.54. The van der Waals surface area contributed by atoms with Crippen LogP contribution in [0, 0.1) is 0 Å². The number of amides is 2. The smallest absolute Gasteiger partial charge is 0.278 e. The van der Waals surface area contributed by atoms with Gasteiger partial charge in [-0.25, -0.2) is 0 Å². The molecule has 34 heavy (non-hydrogen) atoms. The SMILES string of the molecule is CCOc1ccc(C2=C(Nc3ccc(N4CCCCC4)cc3)C(=O)N(CCCOC)C2=O)cc1. The average Bonchev–Trinajstić information content (AvgIpc) is 3.10. The van der Waals surface area contributed by atoms with Gasteiger partial charge in [-0.15, -0.1) is 0 Å². The summed E-state index contributed by atoms with van der Waals surface area (Å²) in [4.78, 5) is 30.3. The fraction of sp³-hybridized carbons (Fsp3) is 0.407. The number of hydrogen-bond acceptors (Lipinski definition) is 6. The van der Waals surface area contributed by atoms with E-state index in [0.29, 0.717) is 43.0 Å². The van der Waals surface area contributed by atoms with Crippen LogP contribution in [-0.2, 0) is 14.3 Å². The molecule has 2 aliphatic rings. The van der Waals surface area contributed by atoms with Gasteiger partial charge in [0.25, 0.3) is 11.8 Å². The first-order chi connectivity index (χ1) is 16.6. The summed E-state index contributed by atoms with van der Waals surface area (Å²) >= 11 is 0. The van der Waals surface area contributed by atoms with Crippen LogP contribution >= 0.6 is 0 Å². The lowest BCUT2D eigenvalue weighted by molar-refractivity contribution is -0.136. The van der Waals surface area contributed by atoms with Gasteiger partial charge in [-0.2, -0.15) is 0 Å². The lowest BCUT2D eigenvalue weighted by Crippen LogP contribution is -2.33. The first-order valence-corrected chi connectivity index (χ1v) is 12.1. The Bertz CT molecular complexity index is 1020. The van der Waals surface area contributed by atoms with Crippen molar-refractivity contribution in [3.05, 3.63) is 59.8 Å². The van der Waals surface area contributed by atoms with E-state index in [1.807, 2.05) is 43.3 Å². The number of nitrogens with zero attached hydrogens (tertiary/aromatic N) is 2. The second kappa shape index (κ2) is 11.2. The van der Waals surface area contributed by atoms with E-state index in [1.165, 1.54) is 29.8 Å². The molecule has 0 unspecified atom stereocenters. The van der Waals surface area contributed by atoms with E-state index >= 15 is 0 Å². The molecule has 0 spiro atoms. The zero-order chi connectivity index (χ0) is 23.9. The van der Waals surface area contributed by atoms with E-state index in [2.05, 4.69) is 22.3 Å². The number of carbonyl (C=O) groups excluding carboxylic acids is 2. The van der Waals surface area contributed by atoms with Crippen molar-refractivity contribution >= 4 is 28.8 Å². The summed E-state index contributed by atoms with van der Waals surface area (Å²) in [6.07, 6.45) is 4.31. The van der Waals surface area contributed by atoms with E-state index in [-0.39, 0.29) is 11.8 Å². The van der Waals surface area contributed by atoms with Gasteiger partial charge in [-0.1, -0.05) is 12.1 Å². The molecular weight excluding hydrogens is 430 g/mol. The van der Waals surface area contributed by atoms with E-state index in [4.69, 9.17) is 9.47 Å². The van der Waals surface area contributed by atoms with Crippen LogP contribution in [0.5, 0.6) is 5.75 Å². The number of benzene rings is 2. The minimum Gasteiger partial charge on any atom is -0.494 e. The summed E-state index contributed by atoms with van der Waals surface area (Å²) < 4.78 is 10.6. The molecule has 4 rings (SSSR count). The van der Waals surface area contributed by atoms with Crippen molar-refractivity contribution in [2.75, 3.05) is 50.2 Å². The van der Waals surface area contributed by atoms with Crippen molar-refractivity contribution < 1.29 is 19.1 Å². The van der Waals surface area contributed by atoms with E-state index in [9.17, 15) is 9.59 Å². The Kier molecular flexibility index (Phi) is 7.85. The molecule has 0 atom stereocenters. The molecule has 2 aromatic rings. The number of imide groups is 1. The molecule has 2 aromatic carbocycles. The lowest BCUT2D eigenvalue weighted by atomic mass is 10.0. The van der Waals surface area contributed by atoms with Crippen LogP contribution in [0.1, 0.15) is 38.2 Å². The monoisotopic (exact) mass is 463 g/mol. The average molecular weight is 464 g/mol. The van der Waals surface area contributed by atoms with Crippen LogP contribution in [0.3, 0.4) is 0 Å². The van der Waals surface area contributed by atoms with Crippen LogP contribution in [0.4, 0.5) is 11.4 Å². The number of carbonyl (C=O) groups is 2. The van der Waals surface area contributed by atoms with E-state index in [0.717, 1.165) is 24.5 Å². The highest BCUT2D eigenvalue weighted by molar-refractivity contribution is 6.36. The maximum absolute atomic E-state index is 13.3. The fourth-order valence-corrected chi connectivity index (χ4v) is 4.47. The molecule has 2 aliphatic heterocycles. The number of nitrogens with one attached hydrogen (secondary N) is 1. The summed E-state index contributed by atoms with van der Waals surface area (Å²) in [6, 6.07) is 15.4. The Labute approximate surface area is 201 Å². The number of piperidine rings is 1. The molecule has 180 valence electrons. The summed E-state index contributed by atoms with van der Waals surface area (Å²) in [5, 5.41) is 3.25. The first-order valence-electron chi connectivity index (χ1n) is 12.1. The summed E-state index contributed by atoms with van der Waals surface area (Å²) in [6.45, 7) is 5.42. The zero-order valence-corrected chi connectivity index (χ0v) is 20.0. The molecule has 0 bridgehead atoms. The number of hydrogen-bond donors (Lipinski definition) is 1. The van der Waals surface area contributed by atoms with Gasteiger partial charge < -0.3 is 19.7 Å². The topological polar surface area (TPSA) is 71.1 Å². The van der Waals surface area contributed by atoms with Crippen molar-refractivity contribution in [1.29, 1.82) is 0 Å². The molecule has 0 saturated carbocycles. The van der Waals surface area contributed by atoms with Crippen LogP contribution in [-0.4, -0.2) is 56.7 Å². The number of rotatable bonds is 10.